The van der Waals surface area contributed by atoms with Gasteiger partial charge in [0.15, 0.2) is 16.8 Å². The summed E-state index contributed by atoms with van der Waals surface area (Å²) in [6.07, 6.45) is 15.0. The minimum Gasteiger partial charge on any atom is -0.741 e. The van der Waals surface area contributed by atoms with Crippen LogP contribution in [0.25, 0.3) is 0 Å². The summed E-state index contributed by atoms with van der Waals surface area (Å²) < 4.78 is 59.9. The number of terminal acetylenes is 1. The quantitative estimate of drug-likeness (QED) is 0.241. The van der Waals surface area contributed by atoms with Crippen LogP contribution in [0.4, 0.5) is 13.2 Å². The van der Waals surface area contributed by atoms with Crippen molar-refractivity contribution < 1.29 is 30.6 Å². The van der Waals surface area contributed by atoms with E-state index in [9.17, 15) is 13.2 Å². The summed E-state index contributed by atoms with van der Waals surface area (Å²) in [5, 5.41) is 0. The summed E-state index contributed by atoms with van der Waals surface area (Å²) in [7, 11) is -3.81. The van der Waals surface area contributed by atoms with E-state index in [-0.39, 0.29) is 0 Å². The fraction of sp³-hybridized carbons (Fsp3) is 0.714. The lowest BCUT2D eigenvalue weighted by Gasteiger charge is -2.28. The van der Waals surface area contributed by atoms with Crippen molar-refractivity contribution in [3.8, 4) is 12.3 Å². The van der Waals surface area contributed by atoms with Crippen molar-refractivity contribution in [3.63, 3.8) is 0 Å². The number of halogens is 3. The molecule has 0 aromatic rings. The van der Waals surface area contributed by atoms with Crippen LogP contribution in [0.15, 0.2) is 12.4 Å². The predicted octanol–water partition coefficient (Wildman–Crippen LogP) is 2.44. The third kappa shape index (κ3) is 8.83. The number of hydrogen-bond acceptors (Lipinski definition) is 4. The first-order chi connectivity index (χ1) is 10.4. The van der Waals surface area contributed by atoms with Crippen LogP contribution in [-0.2, 0) is 10.1 Å². The largest absolute Gasteiger partial charge is 0.741 e. The zero-order chi connectivity index (χ0) is 18.1. The second-order valence-electron chi connectivity index (χ2n) is 5.55. The number of hydrogen-bond donors (Lipinski definition) is 0. The van der Waals surface area contributed by atoms with E-state index in [1.54, 1.807) is 0 Å². The SMILES string of the molecule is C#CCN1C=C[N+](C)(CCCCCC)C1.O=S(=O)([O-])C(F)(F)F. The molecular formula is C14H23F3N2O3S. The summed E-state index contributed by atoms with van der Waals surface area (Å²) in [5.74, 6) is 2.69. The minimum absolute atomic E-state index is 0.735. The third-order valence-corrected chi connectivity index (χ3v) is 3.81. The van der Waals surface area contributed by atoms with Crippen LogP contribution in [-0.4, -0.2) is 54.7 Å². The number of unbranched alkanes of at least 4 members (excludes halogenated alkanes) is 3. The van der Waals surface area contributed by atoms with Crippen LogP contribution in [0.5, 0.6) is 0 Å². The molecule has 0 saturated heterocycles. The normalized spacial score (nSPS) is 20.8. The summed E-state index contributed by atoms with van der Waals surface area (Å²) in [6.45, 7) is 5.26. The van der Waals surface area contributed by atoms with Gasteiger partial charge in [-0.1, -0.05) is 25.7 Å². The van der Waals surface area contributed by atoms with Crippen LogP contribution in [0.1, 0.15) is 32.6 Å². The maximum absolute atomic E-state index is 10.7. The molecule has 23 heavy (non-hydrogen) atoms. The predicted molar refractivity (Wildman–Crippen MR) is 80.5 cm³/mol. The molecule has 1 aliphatic heterocycles. The van der Waals surface area contributed by atoms with Gasteiger partial charge in [0.25, 0.3) is 0 Å². The van der Waals surface area contributed by atoms with E-state index in [1.807, 2.05) is 0 Å². The molecule has 134 valence electrons. The topological polar surface area (TPSA) is 60.4 Å². The number of rotatable bonds is 6. The first kappa shape index (κ1) is 21.8. The molecule has 0 saturated carbocycles. The summed E-state index contributed by atoms with van der Waals surface area (Å²) in [6, 6.07) is 0. The molecule has 0 aromatic heterocycles. The molecule has 1 aliphatic rings. The zero-order valence-electron chi connectivity index (χ0n) is 13.3. The Morgan fingerprint density at radius 3 is 2.35 bits per heavy atom. The highest BCUT2D eigenvalue weighted by Crippen LogP contribution is 2.20. The Morgan fingerprint density at radius 1 is 1.35 bits per heavy atom. The first-order valence-corrected chi connectivity index (χ1v) is 8.59. The van der Waals surface area contributed by atoms with Crippen molar-refractivity contribution in [2.45, 2.75) is 38.1 Å². The molecule has 0 amide bonds. The van der Waals surface area contributed by atoms with E-state index in [0.29, 0.717) is 0 Å². The fourth-order valence-corrected chi connectivity index (χ4v) is 2.03. The van der Waals surface area contributed by atoms with Gasteiger partial charge in [-0.3, -0.25) is 4.48 Å². The highest BCUT2D eigenvalue weighted by molar-refractivity contribution is 7.86. The molecular weight excluding hydrogens is 333 g/mol. The summed E-state index contributed by atoms with van der Waals surface area (Å²) in [5.41, 5.74) is -5.65. The van der Waals surface area contributed by atoms with Gasteiger partial charge in [-0.25, -0.2) is 8.42 Å². The Balaban J connectivity index is 0.000000515. The molecule has 0 fully saturated rings. The maximum Gasteiger partial charge on any atom is 0.485 e. The second-order valence-corrected chi connectivity index (χ2v) is 6.93. The lowest BCUT2D eigenvalue weighted by molar-refractivity contribution is -0.861. The van der Waals surface area contributed by atoms with Crippen molar-refractivity contribution in [2.75, 3.05) is 26.8 Å². The van der Waals surface area contributed by atoms with E-state index in [0.717, 1.165) is 17.7 Å². The van der Waals surface area contributed by atoms with Gasteiger partial charge >= 0.3 is 5.51 Å². The Bertz CT molecular complexity index is 526. The van der Waals surface area contributed by atoms with Gasteiger partial charge in [0, 0.05) is 0 Å². The number of quaternary nitrogens is 1. The highest BCUT2D eigenvalue weighted by atomic mass is 32.2. The molecule has 1 atom stereocenters. The average Bonchev–Trinajstić information content (AvgIpc) is 2.76. The minimum atomic E-state index is -6.09. The van der Waals surface area contributed by atoms with Gasteiger partial charge in [-0.2, -0.15) is 13.2 Å². The van der Waals surface area contributed by atoms with Crippen molar-refractivity contribution in [1.82, 2.24) is 4.90 Å². The molecule has 0 aromatic carbocycles. The second kappa shape index (κ2) is 9.15. The van der Waals surface area contributed by atoms with Crippen LogP contribution < -0.4 is 0 Å². The summed E-state index contributed by atoms with van der Waals surface area (Å²) in [4.78, 5) is 2.21. The van der Waals surface area contributed by atoms with E-state index in [4.69, 9.17) is 19.4 Å². The maximum atomic E-state index is 10.7. The molecule has 1 unspecified atom stereocenters. The van der Waals surface area contributed by atoms with Gasteiger partial charge < -0.3 is 9.45 Å². The molecule has 0 aliphatic carbocycles. The molecule has 0 bridgehead atoms. The van der Waals surface area contributed by atoms with Crippen LogP contribution in [0.2, 0.25) is 0 Å². The lowest BCUT2D eigenvalue weighted by atomic mass is 10.2. The fourth-order valence-electron chi connectivity index (χ4n) is 2.03. The standard InChI is InChI=1S/C13H23N2.CHF3O3S/c1-4-6-7-8-11-15(3)12-10-14(13-15)9-5-2;2-1(3,4)8(5,6)7/h2,10,12H,4,6-9,11,13H2,1,3H3;(H,5,6,7)/q+1;/p-1. The Kier molecular flexibility index (Phi) is 8.66. The Morgan fingerprint density at radius 2 is 1.91 bits per heavy atom. The van der Waals surface area contributed by atoms with Gasteiger partial charge in [0.1, 0.15) is 6.20 Å². The van der Waals surface area contributed by atoms with E-state index in [2.05, 4.69) is 37.2 Å². The van der Waals surface area contributed by atoms with Gasteiger partial charge in [0.2, 0.25) is 0 Å². The van der Waals surface area contributed by atoms with Crippen LogP contribution in [0, 0.1) is 12.3 Å². The zero-order valence-corrected chi connectivity index (χ0v) is 14.2. The van der Waals surface area contributed by atoms with Crippen molar-refractivity contribution in [3.05, 3.63) is 12.4 Å². The average molecular weight is 356 g/mol. The molecule has 9 heteroatoms. The molecule has 5 nitrogen and oxygen atoms in total. The van der Waals surface area contributed by atoms with E-state index in [1.165, 1.54) is 32.2 Å². The van der Waals surface area contributed by atoms with Crippen molar-refractivity contribution in [1.29, 1.82) is 0 Å². The molecule has 0 N–H and O–H groups in total. The van der Waals surface area contributed by atoms with Gasteiger partial charge in [-0.15, -0.1) is 6.42 Å². The first-order valence-electron chi connectivity index (χ1n) is 7.18. The Hall–Kier alpha value is -1.24. The van der Waals surface area contributed by atoms with E-state index < -0.39 is 15.6 Å². The number of alkyl halides is 3. The third-order valence-electron chi connectivity index (χ3n) is 3.24. The van der Waals surface area contributed by atoms with E-state index >= 15 is 0 Å². The summed E-state index contributed by atoms with van der Waals surface area (Å²) >= 11 is 0. The van der Waals surface area contributed by atoms with Crippen molar-refractivity contribution in [2.24, 2.45) is 0 Å². The smallest absolute Gasteiger partial charge is 0.485 e. The molecule has 0 spiro atoms. The highest BCUT2D eigenvalue weighted by Gasteiger charge is 2.36. The van der Waals surface area contributed by atoms with Crippen LogP contribution >= 0.6 is 0 Å². The van der Waals surface area contributed by atoms with Crippen LogP contribution in [0.3, 0.4) is 0 Å². The van der Waals surface area contributed by atoms with Gasteiger partial charge in [0.05, 0.1) is 26.3 Å². The van der Waals surface area contributed by atoms with Gasteiger partial charge in [-0.05, 0) is 12.8 Å². The van der Waals surface area contributed by atoms with Crippen molar-refractivity contribution >= 4 is 10.1 Å². The molecule has 1 rings (SSSR count). The number of nitrogens with zero attached hydrogens (tertiary/aromatic N) is 2. The monoisotopic (exact) mass is 356 g/mol. The molecule has 1 heterocycles. The lowest BCUT2D eigenvalue weighted by Crippen LogP contribution is -2.41. The Labute approximate surface area is 136 Å². The molecule has 0 radical (unpaired) electrons.